The Labute approximate surface area is 180 Å². The van der Waals surface area contributed by atoms with E-state index in [2.05, 4.69) is 22.1 Å². The zero-order valence-electron chi connectivity index (χ0n) is 17.4. The van der Waals surface area contributed by atoms with Gasteiger partial charge in [0.15, 0.2) is 5.65 Å². The fourth-order valence-corrected chi connectivity index (χ4v) is 5.90. The smallest absolute Gasteiger partial charge is 0.255 e. The van der Waals surface area contributed by atoms with Crippen molar-refractivity contribution in [2.45, 2.75) is 37.5 Å². The fraction of sp³-hybridized carbons (Fsp3) is 0.458. The average molecular weight is 418 g/mol. The molecule has 6 rings (SSSR count). The first-order chi connectivity index (χ1) is 15.2. The van der Waals surface area contributed by atoms with E-state index in [-0.39, 0.29) is 36.1 Å². The van der Waals surface area contributed by atoms with Crippen LogP contribution in [0, 0.1) is 11.8 Å². The fourth-order valence-electron chi connectivity index (χ4n) is 5.90. The summed E-state index contributed by atoms with van der Waals surface area (Å²) in [4.78, 5) is 24.2. The van der Waals surface area contributed by atoms with Gasteiger partial charge in [-0.2, -0.15) is 0 Å². The average Bonchev–Trinajstić information content (AvgIpc) is 3.56. The van der Waals surface area contributed by atoms with Crippen LogP contribution in [0.3, 0.4) is 0 Å². The minimum atomic E-state index is -0.260. The number of fused-ring (bicyclic) bond motifs is 2. The number of likely N-dealkylation sites (tertiary alicyclic amines) is 1. The number of aliphatic hydroxyl groups excluding tert-OH is 1. The molecule has 0 saturated carbocycles. The van der Waals surface area contributed by atoms with Crippen LogP contribution in [-0.4, -0.2) is 61.9 Å². The number of aromatic nitrogens is 3. The summed E-state index contributed by atoms with van der Waals surface area (Å²) < 4.78 is 8.29. The van der Waals surface area contributed by atoms with Crippen LogP contribution in [0.15, 0.2) is 48.9 Å². The molecule has 3 aliphatic rings. The SMILES string of the molecule is O=C(c1cnc2c(c1)ncn2CCc1ccccc1)N1C[C@H]2[C@@H](CO)[C@@H]3CC[C@@]2(C1)O3. The number of carbonyl (C=O) groups excluding carboxylic acids is 1. The third kappa shape index (κ3) is 2.98. The largest absolute Gasteiger partial charge is 0.396 e. The van der Waals surface area contributed by atoms with Gasteiger partial charge in [-0.05, 0) is 30.9 Å². The van der Waals surface area contributed by atoms with Crippen LogP contribution >= 0.6 is 0 Å². The topological polar surface area (TPSA) is 80.5 Å². The van der Waals surface area contributed by atoms with Gasteiger partial charge in [-0.1, -0.05) is 30.3 Å². The summed E-state index contributed by atoms with van der Waals surface area (Å²) in [7, 11) is 0. The molecule has 1 amide bonds. The molecule has 7 heteroatoms. The molecule has 7 nitrogen and oxygen atoms in total. The molecule has 4 atom stereocenters. The number of rotatable bonds is 5. The van der Waals surface area contributed by atoms with Gasteiger partial charge in [-0.15, -0.1) is 0 Å². The predicted molar refractivity (Wildman–Crippen MR) is 114 cm³/mol. The van der Waals surface area contributed by atoms with Crippen molar-refractivity contribution in [2.24, 2.45) is 11.8 Å². The Morgan fingerprint density at radius 1 is 1.26 bits per heavy atom. The van der Waals surface area contributed by atoms with Gasteiger partial charge >= 0.3 is 0 Å². The molecular formula is C24H26N4O3. The molecule has 0 radical (unpaired) electrons. The summed E-state index contributed by atoms with van der Waals surface area (Å²) in [5.41, 5.74) is 3.11. The molecule has 3 aromatic rings. The number of carbonyl (C=O) groups is 1. The van der Waals surface area contributed by atoms with Crippen molar-refractivity contribution in [2.75, 3.05) is 19.7 Å². The minimum absolute atomic E-state index is 0.0271. The highest BCUT2D eigenvalue weighted by Gasteiger charge is 2.63. The Kier molecular flexibility index (Phi) is 4.36. The van der Waals surface area contributed by atoms with Gasteiger partial charge < -0.3 is 19.3 Å². The number of amides is 1. The van der Waals surface area contributed by atoms with Crippen LogP contribution in [0.1, 0.15) is 28.8 Å². The van der Waals surface area contributed by atoms with Crippen molar-refractivity contribution in [1.82, 2.24) is 19.4 Å². The van der Waals surface area contributed by atoms with E-state index in [1.54, 1.807) is 12.5 Å². The van der Waals surface area contributed by atoms with Crippen LogP contribution < -0.4 is 0 Å². The molecule has 0 aliphatic carbocycles. The zero-order valence-corrected chi connectivity index (χ0v) is 17.4. The highest BCUT2D eigenvalue weighted by Crippen LogP contribution is 2.54. The Morgan fingerprint density at radius 3 is 2.97 bits per heavy atom. The Morgan fingerprint density at radius 2 is 2.13 bits per heavy atom. The number of hydrogen-bond acceptors (Lipinski definition) is 5. The number of pyridine rings is 1. The summed E-state index contributed by atoms with van der Waals surface area (Å²) in [5.74, 6) is 0.349. The van der Waals surface area contributed by atoms with Crippen LogP contribution in [0.2, 0.25) is 0 Å². The van der Waals surface area contributed by atoms with E-state index in [1.807, 2.05) is 33.7 Å². The predicted octanol–water partition coefficient (Wildman–Crippen LogP) is 2.29. The zero-order chi connectivity index (χ0) is 21.0. The number of benzene rings is 1. The van der Waals surface area contributed by atoms with E-state index in [4.69, 9.17) is 4.74 Å². The minimum Gasteiger partial charge on any atom is -0.396 e. The summed E-state index contributed by atoms with van der Waals surface area (Å²) in [5, 5.41) is 9.81. The lowest BCUT2D eigenvalue weighted by atomic mass is 9.74. The number of nitrogens with zero attached hydrogens (tertiary/aromatic N) is 4. The van der Waals surface area contributed by atoms with Crippen LogP contribution in [-0.2, 0) is 17.7 Å². The van der Waals surface area contributed by atoms with Crippen molar-refractivity contribution in [3.63, 3.8) is 0 Å². The maximum atomic E-state index is 13.2. The van der Waals surface area contributed by atoms with Crippen LogP contribution in [0.25, 0.3) is 11.2 Å². The third-order valence-corrected chi connectivity index (χ3v) is 7.47. The number of hydrogen-bond donors (Lipinski definition) is 1. The molecule has 2 bridgehead atoms. The summed E-state index contributed by atoms with van der Waals surface area (Å²) >= 11 is 0. The lowest BCUT2D eigenvalue weighted by Gasteiger charge is -2.27. The number of imidazole rings is 1. The monoisotopic (exact) mass is 418 g/mol. The van der Waals surface area contributed by atoms with E-state index in [0.717, 1.165) is 37.0 Å². The van der Waals surface area contributed by atoms with Crippen LogP contribution in [0.5, 0.6) is 0 Å². The molecule has 160 valence electrons. The first-order valence-electron chi connectivity index (χ1n) is 11.1. The van der Waals surface area contributed by atoms with Gasteiger partial charge in [-0.25, -0.2) is 9.97 Å². The molecule has 0 unspecified atom stereocenters. The van der Waals surface area contributed by atoms with Gasteiger partial charge in [0.25, 0.3) is 5.91 Å². The molecule has 1 spiro atoms. The van der Waals surface area contributed by atoms with E-state index in [1.165, 1.54) is 5.56 Å². The number of aliphatic hydroxyl groups is 1. The highest BCUT2D eigenvalue weighted by molar-refractivity contribution is 5.96. The molecule has 2 aromatic heterocycles. The van der Waals surface area contributed by atoms with Crippen molar-refractivity contribution in [1.29, 1.82) is 0 Å². The lowest BCUT2D eigenvalue weighted by Crippen LogP contribution is -2.38. The number of ether oxygens (including phenoxy) is 1. The second-order valence-electron chi connectivity index (χ2n) is 9.14. The third-order valence-electron chi connectivity index (χ3n) is 7.47. The standard InChI is InChI=1S/C24H26N4O3/c29-13-18-19-12-28(14-24(19)8-6-21(18)31-24)23(30)17-10-20-22(25-11-17)27(15-26-20)9-7-16-4-2-1-3-5-16/h1-5,10-11,15,18-19,21,29H,6-9,12-14H2/t18-,19+,21+,24+/m1/s1. The molecule has 31 heavy (non-hydrogen) atoms. The van der Waals surface area contributed by atoms with E-state index in [0.29, 0.717) is 18.7 Å². The Hall–Kier alpha value is -2.77. The van der Waals surface area contributed by atoms with E-state index < -0.39 is 0 Å². The second-order valence-corrected chi connectivity index (χ2v) is 9.14. The number of aryl methyl sites for hydroxylation is 2. The van der Waals surface area contributed by atoms with Gasteiger partial charge in [0.05, 0.1) is 30.1 Å². The van der Waals surface area contributed by atoms with Crippen molar-refractivity contribution in [3.05, 3.63) is 60.0 Å². The normalized spacial score (nSPS) is 29.1. The van der Waals surface area contributed by atoms with Crippen LogP contribution in [0.4, 0.5) is 0 Å². The molecule has 3 aliphatic heterocycles. The summed E-state index contributed by atoms with van der Waals surface area (Å²) in [6.07, 6.45) is 6.48. The lowest BCUT2D eigenvalue weighted by molar-refractivity contribution is 0.00154. The Bertz CT molecular complexity index is 1130. The quantitative estimate of drug-likeness (QED) is 0.688. The summed E-state index contributed by atoms with van der Waals surface area (Å²) in [6.45, 7) is 2.17. The first kappa shape index (κ1) is 19.0. The van der Waals surface area contributed by atoms with Crippen molar-refractivity contribution >= 4 is 17.1 Å². The molecular weight excluding hydrogens is 392 g/mol. The summed E-state index contributed by atoms with van der Waals surface area (Å²) in [6, 6.07) is 12.2. The Balaban J connectivity index is 1.19. The highest BCUT2D eigenvalue weighted by atomic mass is 16.5. The van der Waals surface area contributed by atoms with Gasteiger partial charge in [0.2, 0.25) is 0 Å². The second kappa shape index (κ2) is 7.14. The van der Waals surface area contributed by atoms with E-state index >= 15 is 0 Å². The van der Waals surface area contributed by atoms with Gasteiger partial charge in [-0.3, -0.25) is 4.79 Å². The maximum Gasteiger partial charge on any atom is 0.255 e. The molecule has 1 N–H and O–H groups in total. The van der Waals surface area contributed by atoms with E-state index in [9.17, 15) is 9.90 Å². The molecule has 1 aromatic carbocycles. The molecule has 5 heterocycles. The molecule has 3 saturated heterocycles. The van der Waals surface area contributed by atoms with Gasteiger partial charge in [0.1, 0.15) is 5.52 Å². The maximum absolute atomic E-state index is 13.2. The first-order valence-corrected chi connectivity index (χ1v) is 11.1. The van der Waals surface area contributed by atoms with Gasteiger partial charge in [0, 0.05) is 37.7 Å². The van der Waals surface area contributed by atoms with Crippen molar-refractivity contribution < 1.29 is 14.6 Å². The molecule has 3 fully saturated rings. The van der Waals surface area contributed by atoms with Crippen molar-refractivity contribution in [3.8, 4) is 0 Å².